The molecule has 0 saturated carbocycles. The fraction of sp³-hybridized carbons (Fsp3) is 0. The normalized spacial score (nSPS) is 10.8. The summed E-state index contributed by atoms with van der Waals surface area (Å²) in [5.74, 6) is 0.876. The second-order valence-electron chi connectivity index (χ2n) is 4.20. The van der Waals surface area contributed by atoms with Gasteiger partial charge in [-0.25, -0.2) is 0 Å². The van der Waals surface area contributed by atoms with Gasteiger partial charge in [-0.05, 0) is 30.3 Å². The number of benzene rings is 1. The molecule has 0 radical (unpaired) electrons. The lowest BCUT2D eigenvalue weighted by molar-refractivity contribution is 0.825. The molecule has 1 aromatic carbocycles. The smallest absolute Gasteiger partial charge is 0.178 e. The predicted molar refractivity (Wildman–Crippen MR) is 84.0 cm³/mol. The van der Waals surface area contributed by atoms with Crippen molar-refractivity contribution in [3.63, 3.8) is 0 Å². The SMILES string of the molecule is Nc1cc(-c2ccc(Cl)cc2Cl)nn1-c1ccc(Cl)nn1. The Morgan fingerprint density at radius 2 is 1.76 bits per heavy atom. The number of nitrogens with two attached hydrogens (primary N) is 1. The third kappa shape index (κ3) is 2.81. The van der Waals surface area contributed by atoms with Gasteiger partial charge in [0.05, 0.1) is 10.7 Å². The molecular weight excluding hydrogens is 333 g/mol. The quantitative estimate of drug-likeness (QED) is 0.769. The molecule has 3 aromatic rings. The highest BCUT2D eigenvalue weighted by Crippen LogP contribution is 2.31. The van der Waals surface area contributed by atoms with Crippen molar-refractivity contribution < 1.29 is 0 Å². The molecule has 106 valence electrons. The van der Waals surface area contributed by atoms with Crippen molar-refractivity contribution in [2.24, 2.45) is 0 Å². The van der Waals surface area contributed by atoms with E-state index in [1.165, 1.54) is 4.68 Å². The molecule has 0 aliphatic heterocycles. The van der Waals surface area contributed by atoms with Gasteiger partial charge in [0.15, 0.2) is 11.0 Å². The van der Waals surface area contributed by atoms with Crippen LogP contribution in [-0.2, 0) is 0 Å². The van der Waals surface area contributed by atoms with E-state index < -0.39 is 0 Å². The first-order chi connectivity index (χ1) is 10.0. The third-order valence-electron chi connectivity index (χ3n) is 2.78. The molecule has 0 spiro atoms. The van der Waals surface area contributed by atoms with Crippen molar-refractivity contribution in [2.75, 3.05) is 5.73 Å². The van der Waals surface area contributed by atoms with Crippen LogP contribution >= 0.6 is 34.8 Å². The van der Waals surface area contributed by atoms with Crippen LogP contribution in [-0.4, -0.2) is 20.0 Å². The van der Waals surface area contributed by atoms with Crippen LogP contribution in [0.5, 0.6) is 0 Å². The maximum absolute atomic E-state index is 6.17. The standard InChI is InChI=1S/C13H8Cl3N5/c14-7-1-2-8(9(15)5-7)10-6-12(17)21(20-10)13-4-3-11(16)18-19-13/h1-6H,17H2. The Hall–Kier alpha value is -1.82. The van der Waals surface area contributed by atoms with Gasteiger partial charge in [-0.1, -0.05) is 34.8 Å². The molecular formula is C13H8Cl3N5. The summed E-state index contributed by atoms with van der Waals surface area (Å²) in [7, 11) is 0. The minimum atomic E-state index is 0.297. The second kappa shape index (κ2) is 5.52. The van der Waals surface area contributed by atoms with Crippen LogP contribution in [0, 0.1) is 0 Å². The van der Waals surface area contributed by atoms with Crippen LogP contribution in [0.3, 0.4) is 0 Å². The summed E-state index contributed by atoms with van der Waals surface area (Å²) in [6.45, 7) is 0. The molecule has 0 fully saturated rings. The van der Waals surface area contributed by atoms with Gasteiger partial charge >= 0.3 is 0 Å². The molecule has 8 heteroatoms. The van der Waals surface area contributed by atoms with E-state index in [-0.39, 0.29) is 0 Å². The summed E-state index contributed by atoms with van der Waals surface area (Å²) < 4.78 is 1.46. The Morgan fingerprint density at radius 1 is 0.952 bits per heavy atom. The summed E-state index contributed by atoms with van der Waals surface area (Å²) in [5.41, 5.74) is 7.31. The van der Waals surface area contributed by atoms with E-state index in [1.54, 1.807) is 36.4 Å². The molecule has 0 bridgehead atoms. The summed E-state index contributed by atoms with van der Waals surface area (Å²) in [6.07, 6.45) is 0. The molecule has 2 heterocycles. The van der Waals surface area contributed by atoms with Crippen molar-refractivity contribution in [1.29, 1.82) is 0 Å². The molecule has 21 heavy (non-hydrogen) atoms. The highest BCUT2D eigenvalue weighted by Gasteiger charge is 2.13. The number of anilines is 1. The number of hydrogen-bond donors (Lipinski definition) is 1. The van der Waals surface area contributed by atoms with Gasteiger partial charge in [0.25, 0.3) is 0 Å². The zero-order chi connectivity index (χ0) is 15.0. The first kappa shape index (κ1) is 14.1. The van der Waals surface area contributed by atoms with Crippen molar-refractivity contribution >= 4 is 40.6 Å². The number of nitrogen functional groups attached to an aromatic ring is 1. The van der Waals surface area contributed by atoms with Crippen LogP contribution < -0.4 is 5.73 Å². The largest absolute Gasteiger partial charge is 0.384 e. The summed E-state index contributed by atoms with van der Waals surface area (Å²) in [4.78, 5) is 0. The van der Waals surface area contributed by atoms with Crippen LogP contribution in [0.4, 0.5) is 5.82 Å². The summed E-state index contributed by atoms with van der Waals surface area (Å²) in [5, 5.41) is 13.4. The molecule has 3 rings (SSSR count). The van der Waals surface area contributed by atoms with Crippen molar-refractivity contribution in [3.8, 4) is 17.1 Å². The topological polar surface area (TPSA) is 69.6 Å². The molecule has 0 unspecified atom stereocenters. The third-order valence-corrected chi connectivity index (χ3v) is 3.53. The van der Waals surface area contributed by atoms with Gasteiger partial charge in [0.2, 0.25) is 0 Å². The lowest BCUT2D eigenvalue weighted by atomic mass is 10.1. The molecule has 0 aliphatic rings. The Bertz CT molecular complexity index is 798. The number of halogens is 3. The second-order valence-corrected chi connectivity index (χ2v) is 5.44. The van der Waals surface area contributed by atoms with E-state index in [4.69, 9.17) is 40.5 Å². The Kier molecular flexibility index (Phi) is 3.71. The number of rotatable bonds is 2. The molecule has 2 aromatic heterocycles. The zero-order valence-corrected chi connectivity index (χ0v) is 12.7. The van der Waals surface area contributed by atoms with E-state index in [0.29, 0.717) is 32.5 Å². The lowest BCUT2D eigenvalue weighted by Gasteiger charge is -2.02. The van der Waals surface area contributed by atoms with E-state index in [1.807, 2.05) is 0 Å². The lowest BCUT2D eigenvalue weighted by Crippen LogP contribution is -2.04. The predicted octanol–water partition coefficient (Wildman–Crippen LogP) is 3.87. The van der Waals surface area contributed by atoms with Crippen LogP contribution in [0.1, 0.15) is 0 Å². The molecule has 5 nitrogen and oxygen atoms in total. The molecule has 0 atom stereocenters. The number of aromatic nitrogens is 4. The Morgan fingerprint density at radius 3 is 2.43 bits per heavy atom. The van der Waals surface area contributed by atoms with Crippen LogP contribution in [0.2, 0.25) is 15.2 Å². The van der Waals surface area contributed by atoms with Crippen LogP contribution in [0.25, 0.3) is 17.1 Å². The zero-order valence-electron chi connectivity index (χ0n) is 10.5. The molecule has 0 aliphatic carbocycles. The van der Waals surface area contributed by atoms with Gasteiger partial charge in [0.1, 0.15) is 5.82 Å². The maximum atomic E-state index is 6.17. The highest BCUT2D eigenvalue weighted by atomic mass is 35.5. The first-order valence-corrected chi connectivity index (χ1v) is 6.98. The van der Waals surface area contributed by atoms with Crippen molar-refractivity contribution in [1.82, 2.24) is 20.0 Å². The number of nitrogens with zero attached hydrogens (tertiary/aromatic N) is 4. The summed E-state index contributed by atoms with van der Waals surface area (Å²) in [6, 6.07) is 10.2. The molecule has 0 amide bonds. The van der Waals surface area contributed by atoms with Crippen molar-refractivity contribution in [2.45, 2.75) is 0 Å². The van der Waals surface area contributed by atoms with Crippen molar-refractivity contribution in [3.05, 3.63) is 51.6 Å². The maximum Gasteiger partial charge on any atom is 0.178 e. The first-order valence-electron chi connectivity index (χ1n) is 5.85. The van der Waals surface area contributed by atoms with Gasteiger partial charge in [-0.15, -0.1) is 10.2 Å². The minimum Gasteiger partial charge on any atom is -0.384 e. The molecule has 0 saturated heterocycles. The van der Waals surface area contributed by atoms with E-state index in [9.17, 15) is 0 Å². The Labute approximate surface area is 135 Å². The fourth-order valence-corrected chi connectivity index (χ4v) is 2.44. The van der Waals surface area contributed by atoms with Gasteiger partial charge in [-0.3, -0.25) is 0 Å². The number of hydrogen-bond acceptors (Lipinski definition) is 4. The monoisotopic (exact) mass is 339 g/mol. The van der Waals surface area contributed by atoms with Crippen LogP contribution in [0.15, 0.2) is 36.4 Å². The van der Waals surface area contributed by atoms with E-state index in [2.05, 4.69) is 15.3 Å². The average molecular weight is 341 g/mol. The van der Waals surface area contributed by atoms with E-state index >= 15 is 0 Å². The molecule has 2 N–H and O–H groups in total. The highest BCUT2D eigenvalue weighted by molar-refractivity contribution is 6.36. The van der Waals surface area contributed by atoms with Gasteiger partial charge in [-0.2, -0.15) is 9.78 Å². The van der Waals surface area contributed by atoms with E-state index in [0.717, 1.165) is 5.56 Å². The van der Waals surface area contributed by atoms with Gasteiger partial charge < -0.3 is 5.73 Å². The average Bonchev–Trinajstić information content (AvgIpc) is 2.81. The Balaban J connectivity index is 2.07. The minimum absolute atomic E-state index is 0.297. The fourth-order valence-electron chi connectivity index (χ4n) is 1.83. The summed E-state index contributed by atoms with van der Waals surface area (Å²) >= 11 is 17.8. The van der Waals surface area contributed by atoms with Gasteiger partial charge in [0, 0.05) is 16.7 Å².